The van der Waals surface area contributed by atoms with Crippen LogP contribution in [0.1, 0.15) is 23.8 Å². The summed E-state index contributed by atoms with van der Waals surface area (Å²) in [4.78, 5) is 49.7. The molecule has 0 aliphatic carbocycles. The van der Waals surface area contributed by atoms with Gasteiger partial charge in [0.05, 0.1) is 19.9 Å². The van der Waals surface area contributed by atoms with Crippen molar-refractivity contribution in [2.24, 2.45) is 0 Å². The number of nitrogens with zero attached hydrogens (tertiary/aromatic N) is 1. The van der Waals surface area contributed by atoms with Gasteiger partial charge in [0.2, 0.25) is 5.91 Å². The molecule has 1 aliphatic heterocycles. The standard InChI is InChI=1S/C26H23N3O7/c1-16(30)27-19-6-8-20(9-7-19)36-15-18-12-17(5-10-23(18)34-2)13-22-24(31)28-26(33)29(25(22)32)14-21-4-3-11-35-21/h3-13H,14-15H2,1-2H3,(H,27,30)(H,28,31,33)/b22-13+. The van der Waals surface area contributed by atoms with Gasteiger partial charge in [-0.15, -0.1) is 0 Å². The lowest BCUT2D eigenvalue weighted by atomic mass is 10.0. The maximum Gasteiger partial charge on any atom is 0.331 e. The summed E-state index contributed by atoms with van der Waals surface area (Å²) in [6.07, 6.45) is 2.84. The smallest absolute Gasteiger partial charge is 0.331 e. The highest BCUT2D eigenvalue weighted by Gasteiger charge is 2.36. The van der Waals surface area contributed by atoms with Crippen LogP contribution in [0.15, 0.2) is 70.9 Å². The maximum atomic E-state index is 12.9. The number of anilines is 1. The molecule has 1 aromatic heterocycles. The molecule has 4 rings (SSSR count). The topological polar surface area (TPSA) is 127 Å². The summed E-state index contributed by atoms with van der Waals surface area (Å²) in [5.74, 6) is -0.148. The lowest BCUT2D eigenvalue weighted by molar-refractivity contribution is -0.130. The monoisotopic (exact) mass is 489 g/mol. The predicted octanol–water partition coefficient (Wildman–Crippen LogP) is 3.49. The van der Waals surface area contributed by atoms with Gasteiger partial charge in [0.1, 0.15) is 29.4 Å². The third kappa shape index (κ3) is 5.61. The molecule has 0 atom stereocenters. The van der Waals surface area contributed by atoms with E-state index in [4.69, 9.17) is 13.9 Å². The first-order valence-electron chi connectivity index (χ1n) is 10.9. The lowest BCUT2D eigenvalue weighted by Gasteiger charge is -2.25. The Balaban J connectivity index is 1.53. The number of hydrogen-bond donors (Lipinski definition) is 2. The minimum Gasteiger partial charge on any atom is -0.496 e. The van der Waals surface area contributed by atoms with Crippen LogP contribution in [-0.2, 0) is 27.5 Å². The second kappa shape index (κ2) is 10.6. The van der Waals surface area contributed by atoms with Crippen LogP contribution in [0.4, 0.5) is 10.5 Å². The zero-order valence-electron chi connectivity index (χ0n) is 19.6. The number of rotatable bonds is 8. The molecule has 36 heavy (non-hydrogen) atoms. The number of hydrogen-bond acceptors (Lipinski definition) is 7. The number of urea groups is 1. The van der Waals surface area contributed by atoms with Crippen LogP contribution < -0.4 is 20.1 Å². The zero-order valence-corrected chi connectivity index (χ0v) is 19.6. The number of barbiturate groups is 1. The molecule has 5 amide bonds. The fourth-order valence-electron chi connectivity index (χ4n) is 3.56. The van der Waals surface area contributed by atoms with Gasteiger partial charge in [0.25, 0.3) is 11.8 Å². The second-order valence-corrected chi connectivity index (χ2v) is 7.85. The van der Waals surface area contributed by atoms with E-state index in [1.165, 1.54) is 26.4 Å². The van der Waals surface area contributed by atoms with Gasteiger partial charge in [-0.1, -0.05) is 6.07 Å². The second-order valence-electron chi connectivity index (χ2n) is 7.85. The summed E-state index contributed by atoms with van der Waals surface area (Å²) in [5, 5.41) is 4.87. The van der Waals surface area contributed by atoms with Crippen molar-refractivity contribution in [2.45, 2.75) is 20.1 Å². The molecule has 10 nitrogen and oxygen atoms in total. The van der Waals surface area contributed by atoms with Crippen LogP contribution in [0.5, 0.6) is 11.5 Å². The molecule has 1 fully saturated rings. The number of furan rings is 1. The number of carbonyl (C=O) groups is 4. The van der Waals surface area contributed by atoms with Crippen molar-refractivity contribution < 1.29 is 33.1 Å². The molecule has 1 aliphatic rings. The third-order valence-corrected chi connectivity index (χ3v) is 5.26. The van der Waals surface area contributed by atoms with Crippen LogP contribution in [0.2, 0.25) is 0 Å². The van der Waals surface area contributed by atoms with Gasteiger partial charge in [-0.05, 0) is 60.2 Å². The number of carbonyl (C=O) groups excluding carboxylic acids is 4. The summed E-state index contributed by atoms with van der Waals surface area (Å²) in [6, 6.07) is 14.4. The number of amides is 5. The molecule has 1 saturated heterocycles. The first-order valence-corrected chi connectivity index (χ1v) is 10.9. The van der Waals surface area contributed by atoms with E-state index in [0.717, 1.165) is 4.90 Å². The van der Waals surface area contributed by atoms with E-state index in [-0.39, 0.29) is 24.6 Å². The van der Waals surface area contributed by atoms with Crippen molar-refractivity contribution in [3.63, 3.8) is 0 Å². The molecule has 2 aromatic carbocycles. The first kappa shape index (κ1) is 24.3. The highest BCUT2D eigenvalue weighted by atomic mass is 16.5. The van der Waals surface area contributed by atoms with Gasteiger partial charge >= 0.3 is 6.03 Å². The molecule has 10 heteroatoms. The molecule has 184 valence electrons. The van der Waals surface area contributed by atoms with Gasteiger partial charge in [-0.25, -0.2) is 4.79 Å². The van der Waals surface area contributed by atoms with Gasteiger partial charge < -0.3 is 19.2 Å². The van der Waals surface area contributed by atoms with E-state index < -0.39 is 17.8 Å². The minimum absolute atomic E-state index is 0.106. The Morgan fingerprint density at radius 3 is 2.56 bits per heavy atom. The Morgan fingerprint density at radius 2 is 1.89 bits per heavy atom. The molecular formula is C26H23N3O7. The predicted molar refractivity (Wildman–Crippen MR) is 129 cm³/mol. The number of benzene rings is 2. The normalized spacial score (nSPS) is 14.6. The Kier molecular flexibility index (Phi) is 7.15. The van der Waals surface area contributed by atoms with Crippen molar-refractivity contribution in [2.75, 3.05) is 12.4 Å². The van der Waals surface area contributed by atoms with Gasteiger partial charge in [0, 0.05) is 18.2 Å². The molecule has 0 saturated carbocycles. The largest absolute Gasteiger partial charge is 0.496 e. The quantitative estimate of drug-likeness (QED) is 0.366. The highest BCUT2D eigenvalue weighted by molar-refractivity contribution is 6.30. The fraction of sp³-hybridized carbons (Fsp3) is 0.154. The first-order chi connectivity index (χ1) is 17.3. The molecule has 0 radical (unpaired) electrons. The fourth-order valence-corrected chi connectivity index (χ4v) is 3.56. The molecule has 3 aromatic rings. The van der Waals surface area contributed by atoms with Crippen LogP contribution >= 0.6 is 0 Å². The Bertz CT molecular complexity index is 1330. The third-order valence-electron chi connectivity index (χ3n) is 5.26. The summed E-state index contributed by atoms with van der Waals surface area (Å²) < 4.78 is 16.5. The Labute approximate surface area is 206 Å². The van der Waals surface area contributed by atoms with Crippen LogP contribution in [-0.4, -0.2) is 35.8 Å². The van der Waals surface area contributed by atoms with Crippen molar-refractivity contribution in [1.82, 2.24) is 10.2 Å². The zero-order chi connectivity index (χ0) is 25.7. The molecule has 0 spiro atoms. The van der Waals surface area contributed by atoms with E-state index in [1.54, 1.807) is 54.6 Å². The number of imide groups is 2. The van der Waals surface area contributed by atoms with Crippen molar-refractivity contribution in [3.05, 3.63) is 83.3 Å². The van der Waals surface area contributed by atoms with Crippen molar-refractivity contribution >= 4 is 35.5 Å². The van der Waals surface area contributed by atoms with Gasteiger partial charge in [0.15, 0.2) is 0 Å². The van der Waals surface area contributed by atoms with Crippen LogP contribution in [0.25, 0.3) is 6.08 Å². The highest BCUT2D eigenvalue weighted by Crippen LogP contribution is 2.25. The summed E-state index contributed by atoms with van der Waals surface area (Å²) >= 11 is 0. The maximum absolute atomic E-state index is 12.9. The number of methoxy groups -OCH3 is 1. The number of ether oxygens (including phenoxy) is 2. The average Bonchev–Trinajstić information content (AvgIpc) is 3.37. The Morgan fingerprint density at radius 1 is 1.11 bits per heavy atom. The average molecular weight is 489 g/mol. The van der Waals surface area contributed by atoms with E-state index in [1.807, 2.05) is 0 Å². The molecule has 0 bridgehead atoms. The van der Waals surface area contributed by atoms with E-state index in [0.29, 0.717) is 34.1 Å². The number of nitrogens with one attached hydrogen (secondary N) is 2. The van der Waals surface area contributed by atoms with E-state index >= 15 is 0 Å². The molecule has 0 unspecified atom stereocenters. The minimum atomic E-state index is -0.813. The molecule has 2 heterocycles. The van der Waals surface area contributed by atoms with E-state index in [9.17, 15) is 19.2 Å². The lowest BCUT2D eigenvalue weighted by Crippen LogP contribution is -2.53. The summed E-state index contributed by atoms with van der Waals surface area (Å²) in [7, 11) is 1.52. The summed E-state index contributed by atoms with van der Waals surface area (Å²) in [5.41, 5.74) is 1.67. The van der Waals surface area contributed by atoms with E-state index in [2.05, 4.69) is 10.6 Å². The van der Waals surface area contributed by atoms with Crippen molar-refractivity contribution in [3.8, 4) is 11.5 Å². The molecular weight excluding hydrogens is 466 g/mol. The van der Waals surface area contributed by atoms with Gasteiger partial charge in [-0.2, -0.15) is 0 Å². The SMILES string of the molecule is COc1ccc(/C=C2\C(=O)NC(=O)N(Cc3ccco3)C2=O)cc1COc1ccc(NC(C)=O)cc1. The Hall–Kier alpha value is -4.86. The summed E-state index contributed by atoms with van der Waals surface area (Å²) in [6.45, 7) is 1.46. The van der Waals surface area contributed by atoms with Gasteiger partial charge in [-0.3, -0.25) is 24.6 Å². The van der Waals surface area contributed by atoms with Crippen LogP contribution in [0, 0.1) is 0 Å². The molecule has 2 N–H and O–H groups in total. The van der Waals surface area contributed by atoms with Crippen molar-refractivity contribution in [1.29, 1.82) is 0 Å². The van der Waals surface area contributed by atoms with Crippen LogP contribution in [0.3, 0.4) is 0 Å².